The molecule has 28 heavy (non-hydrogen) atoms. The van der Waals surface area contributed by atoms with Crippen LogP contribution in [-0.2, 0) is 16.1 Å². The summed E-state index contributed by atoms with van der Waals surface area (Å²) in [6, 6.07) is 17.1. The monoisotopic (exact) mass is 378 g/mol. The summed E-state index contributed by atoms with van der Waals surface area (Å²) in [5, 5.41) is 12.1. The molecule has 2 aromatic rings. The molecule has 0 spiro atoms. The number of anilines is 2. The predicted octanol–water partition coefficient (Wildman–Crippen LogP) is 2.85. The van der Waals surface area contributed by atoms with Crippen molar-refractivity contribution in [3.63, 3.8) is 0 Å². The number of likely N-dealkylation sites (N-methyl/N-ethyl adjacent to an activating group) is 1. The number of para-hydroxylation sites is 2. The smallest absolute Gasteiger partial charge is 0.241 e. The summed E-state index contributed by atoms with van der Waals surface area (Å²) >= 11 is 0. The van der Waals surface area contributed by atoms with Gasteiger partial charge in [0.2, 0.25) is 5.91 Å². The zero-order valence-electron chi connectivity index (χ0n) is 16.4. The molecule has 0 radical (unpaired) electrons. The highest BCUT2D eigenvalue weighted by Gasteiger charge is 2.21. The molecule has 1 saturated heterocycles. The Morgan fingerprint density at radius 2 is 1.89 bits per heavy atom. The topological polar surface area (TPSA) is 68.6 Å². The average molecular weight is 378 g/mol. The summed E-state index contributed by atoms with van der Waals surface area (Å²) < 4.78 is 5.46. The molecule has 6 heteroatoms. The number of nitrogens with zero attached hydrogens (tertiary/aromatic N) is 3. The van der Waals surface area contributed by atoms with Crippen molar-refractivity contribution in [1.29, 1.82) is 5.26 Å². The molecule has 0 aliphatic carbocycles. The fourth-order valence-electron chi connectivity index (χ4n) is 3.29. The van der Waals surface area contributed by atoms with Gasteiger partial charge in [0.05, 0.1) is 30.5 Å². The maximum absolute atomic E-state index is 12.7. The predicted molar refractivity (Wildman–Crippen MR) is 110 cm³/mol. The first kappa shape index (κ1) is 19.9. The third-order valence-electron chi connectivity index (χ3n) is 5.11. The molecular formula is C22H26N4O2. The first-order valence-corrected chi connectivity index (χ1v) is 9.51. The largest absolute Gasteiger partial charge is 0.378 e. The van der Waals surface area contributed by atoms with Crippen molar-refractivity contribution in [3.8, 4) is 6.07 Å². The number of hydrogen-bond acceptors (Lipinski definition) is 5. The lowest BCUT2D eigenvalue weighted by atomic mass is 10.1. The van der Waals surface area contributed by atoms with Crippen molar-refractivity contribution in [1.82, 2.24) is 4.90 Å². The Kier molecular flexibility index (Phi) is 6.64. The second-order valence-corrected chi connectivity index (χ2v) is 6.97. The number of rotatable bonds is 6. The van der Waals surface area contributed by atoms with Crippen molar-refractivity contribution in [2.75, 3.05) is 43.6 Å². The summed E-state index contributed by atoms with van der Waals surface area (Å²) in [7, 11) is 1.94. The Balaban J connectivity index is 1.68. The number of carbonyl (C=O) groups is 1. The number of benzene rings is 2. The van der Waals surface area contributed by atoms with Gasteiger partial charge in [-0.15, -0.1) is 0 Å². The zero-order valence-corrected chi connectivity index (χ0v) is 16.4. The number of morpholine rings is 1. The van der Waals surface area contributed by atoms with Gasteiger partial charge in [0.15, 0.2) is 0 Å². The van der Waals surface area contributed by atoms with E-state index >= 15 is 0 Å². The Labute approximate surface area is 166 Å². The lowest BCUT2D eigenvalue weighted by Crippen LogP contribution is -2.40. The number of amides is 1. The van der Waals surface area contributed by atoms with Gasteiger partial charge in [-0.2, -0.15) is 5.26 Å². The highest BCUT2D eigenvalue weighted by molar-refractivity contribution is 5.95. The van der Waals surface area contributed by atoms with Crippen LogP contribution in [0.15, 0.2) is 48.5 Å². The molecule has 1 aliphatic rings. The molecule has 1 fully saturated rings. The number of ether oxygens (including phenoxy) is 1. The van der Waals surface area contributed by atoms with Crippen LogP contribution >= 0.6 is 0 Å². The lowest BCUT2D eigenvalue weighted by molar-refractivity contribution is -0.120. The van der Waals surface area contributed by atoms with E-state index in [1.54, 1.807) is 18.2 Å². The molecule has 1 atom stereocenters. The SMILES string of the molecule is CC(C(=O)Nc1ccccc1C#N)N(C)Cc1ccccc1N1CCOCC1. The molecule has 1 aliphatic heterocycles. The summed E-state index contributed by atoms with van der Waals surface area (Å²) in [6.45, 7) is 5.76. The third kappa shape index (κ3) is 4.69. The number of hydrogen-bond donors (Lipinski definition) is 1. The molecular weight excluding hydrogens is 352 g/mol. The molecule has 0 saturated carbocycles. The van der Waals surface area contributed by atoms with Crippen LogP contribution in [-0.4, -0.2) is 50.2 Å². The molecule has 3 rings (SSSR count). The molecule has 0 bridgehead atoms. The minimum absolute atomic E-state index is 0.131. The van der Waals surface area contributed by atoms with E-state index in [0.29, 0.717) is 17.8 Å². The van der Waals surface area contributed by atoms with Crippen LogP contribution in [0.3, 0.4) is 0 Å². The molecule has 2 aromatic carbocycles. The molecule has 1 N–H and O–H groups in total. The van der Waals surface area contributed by atoms with Gasteiger partial charge in [-0.3, -0.25) is 9.69 Å². The van der Waals surface area contributed by atoms with Crippen LogP contribution in [0.4, 0.5) is 11.4 Å². The van der Waals surface area contributed by atoms with E-state index < -0.39 is 0 Å². The number of nitriles is 1. The van der Waals surface area contributed by atoms with Crippen LogP contribution < -0.4 is 10.2 Å². The van der Waals surface area contributed by atoms with E-state index in [2.05, 4.69) is 28.4 Å². The van der Waals surface area contributed by atoms with E-state index in [-0.39, 0.29) is 11.9 Å². The van der Waals surface area contributed by atoms with Crippen molar-refractivity contribution >= 4 is 17.3 Å². The minimum atomic E-state index is -0.343. The fraction of sp³-hybridized carbons (Fsp3) is 0.364. The van der Waals surface area contributed by atoms with Gasteiger partial charge < -0.3 is 15.0 Å². The highest BCUT2D eigenvalue weighted by Crippen LogP contribution is 2.23. The third-order valence-corrected chi connectivity index (χ3v) is 5.11. The maximum atomic E-state index is 12.7. The summed E-state index contributed by atoms with van der Waals surface area (Å²) in [5.41, 5.74) is 3.39. The van der Waals surface area contributed by atoms with Gasteiger partial charge in [-0.25, -0.2) is 0 Å². The maximum Gasteiger partial charge on any atom is 0.241 e. The van der Waals surface area contributed by atoms with Crippen LogP contribution in [0.2, 0.25) is 0 Å². The molecule has 146 valence electrons. The lowest BCUT2D eigenvalue weighted by Gasteiger charge is -2.32. The Morgan fingerprint density at radius 1 is 1.21 bits per heavy atom. The zero-order chi connectivity index (χ0) is 19.9. The first-order chi connectivity index (χ1) is 13.6. The molecule has 6 nitrogen and oxygen atoms in total. The summed E-state index contributed by atoms with van der Waals surface area (Å²) in [5.74, 6) is -0.131. The average Bonchev–Trinajstić information content (AvgIpc) is 2.74. The van der Waals surface area contributed by atoms with E-state index in [9.17, 15) is 10.1 Å². The number of carbonyl (C=O) groups excluding carboxylic acids is 1. The van der Waals surface area contributed by atoms with Gasteiger partial charge >= 0.3 is 0 Å². The van der Waals surface area contributed by atoms with E-state index in [1.165, 1.54) is 11.3 Å². The Hall–Kier alpha value is -2.88. The van der Waals surface area contributed by atoms with Crippen molar-refractivity contribution in [2.24, 2.45) is 0 Å². The van der Waals surface area contributed by atoms with Crippen LogP contribution in [0, 0.1) is 11.3 Å². The molecule has 0 aromatic heterocycles. The second kappa shape index (κ2) is 9.36. The van der Waals surface area contributed by atoms with Gasteiger partial charge in [0.1, 0.15) is 6.07 Å². The standard InChI is InChI=1S/C22H26N4O2/c1-17(22(27)24-20-9-5-3-7-18(20)15-23)25(2)16-19-8-4-6-10-21(19)26-11-13-28-14-12-26/h3-10,17H,11-14,16H2,1-2H3,(H,24,27). The normalized spacial score (nSPS) is 15.1. The van der Waals surface area contributed by atoms with Crippen LogP contribution in [0.1, 0.15) is 18.1 Å². The van der Waals surface area contributed by atoms with Crippen molar-refractivity contribution in [3.05, 3.63) is 59.7 Å². The molecule has 1 heterocycles. The van der Waals surface area contributed by atoms with Crippen LogP contribution in [0.25, 0.3) is 0 Å². The van der Waals surface area contributed by atoms with Crippen molar-refractivity contribution < 1.29 is 9.53 Å². The second-order valence-electron chi connectivity index (χ2n) is 6.97. The van der Waals surface area contributed by atoms with Crippen LogP contribution in [0.5, 0.6) is 0 Å². The number of nitrogens with one attached hydrogen (secondary N) is 1. The van der Waals surface area contributed by atoms with Gasteiger partial charge in [0.25, 0.3) is 0 Å². The van der Waals surface area contributed by atoms with Gasteiger partial charge in [-0.1, -0.05) is 30.3 Å². The Morgan fingerprint density at radius 3 is 2.64 bits per heavy atom. The van der Waals surface area contributed by atoms with Crippen molar-refractivity contribution in [2.45, 2.75) is 19.5 Å². The summed E-state index contributed by atoms with van der Waals surface area (Å²) in [4.78, 5) is 17.1. The van der Waals surface area contributed by atoms with E-state index in [1.807, 2.05) is 37.1 Å². The minimum Gasteiger partial charge on any atom is -0.378 e. The molecule has 1 amide bonds. The summed E-state index contributed by atoms with van der Waals surface area (Å²) in [6.07, 6.45) is 0. The molecule has 1 unspecified atom stereocenters. The van der Waals surface area contributed by atoms with Gasteiger partial charge in [0, 0.05) is 25.3 Å². The quantitative estimate of drug-likeness (QED) is 0.837. The van der Waals surface area contributed by atoms with Gasteiger partial charge in [-0.05, 0) is 37.7 Å². The fourth-order valence-corrected chi connectivity index (χ4v) is 3.29. The van der Waals surface area contributed by atoms with E-state index in [4.69, 9.17) is 4.74 Å². The highest BCUT2D eigenvalue weighted by atomic mass is 16.5. The van der Waals surface area contributed by atoms with E-state index in [0.717, 1.165) is 26.3 Å². The first-order valence-electron chi connectivity index (χ1n) is 9.51. The Bertz CT molecular complexity index is 856.